The van der Waals surface area contributed by atoms with Crippen LogP contribution in [0, 0.1) is 23.7 Å². The van der Waals surface area contributed by atoms with E-state index in [9.17, 15) is 4.79 Å². The van der Waals surface area contributed by atoms with Crippen molar-refractivity contribution in [2.45, 2.75) is 25.3 Å². The van der Waals surface area contributed by atoms with Crippen LogP contribution in [0.1, 0.15) is 36.4 Å². The Morgan fingerprint density at radius 1 is 1.12 bits per heavy atom. The number of piperidine rings is 1. The van der Waals surface area contributed by atoms with Crippen LogP contribution in [-0.2, 0) is 9.53 Å². The fraction of sp³-hybridized carbons (Fsp3) is 0.481. The number of nitrogens with zero attached hydrogens (tertiary/aromatic N) is 2. The number of carbonyl (C=O) groups is 1. The zero-order valence-corrected chi connectivity index (χ0v) is 18.6. The van der Waals surface area contributed by atoms with Crippen LogP contribution in [0.2, 0.25) is 0 Å². The number of benzene rings is 1. The van der Waals surface area contributed by atoms with Crippen LogP contribution in [0.5, 0.6) is 0 Å². The maximum Gasteiger partial charge on any atom is 0.244 e. The molecule has 1 aromatic heterocycles. The summed E-state index contributed by atoms with van der Waals surface area (Å²) >= 11 is 0. The standard InChI is InChI=1S/C27H33N3O2/c31-26(9-8-20-5-4-13-28-17-20)29-14-10-23-24-18-30(19-25(23)24)27(21-6-2-1-3-7-21)22-11-15-32-16-12-22/h1-9,13,17,22-25,27H,10-12,14-16,18-19H2,(H,29,31)/b9-8+/t23-,24-,25+,27?. The molecule has 0 spiro atoms. The first kappa shape index (κ1) is 21.4. The van der Waals surface area contributed by atoms with Crippen LogP contribution in [0.4, 0.5) is 0 Å². The summed E-state index contributed by atoms with van der Waals surface area (Å²) in [4.78, 5) is 18.9. The maximum atomic E-state index is 12.1. The Balaban J connectivity index is 1.10. The molecule has 1 aliphatic carbocycles. The van der Waals surface area contributed by atoms with Crippen molar-refractivity contribution >= 4 is 12.0 Å². The average Bonchev–Trinajstić information content (AvgIpc) is 3.29. The first-order chi connectivity index (χ1) is 15.8. The van der Waals surface area contributed by atoms with Gasteiger partial charge < -0.3 is 10.1 Å². The highest BCUT2D eigenvalue weighted by Crippen LogP contribution is 2.56. The fourth-order valence-electron chi connectivity index (χ4n) is 5.87. The van der Waals surface area contributed by atoms with Gasteiger partial charge in [-0.05, 0) is 66.2 Å². The molecule has 5 nitrogen and oxygen atoms in total. The number of rotatable bonds is 8. The van der Waals surface area contributed by atoms with E-state index < -0.39 is 0 Å². The second-order valence-corrected chi connectivity index (χ2v) is 9.45. The number of ether oxygens (including phenoxy) is 1. The molecule has 1 N–H and O–H groups in total. The molecule has 3 aliphatic rings. The number of aromatic nitrogens is 1. The van der Waals surface area contributed by atoms with E-state index in [1.54, 1.807) is 18.5 Å². The summed E-state index contributed by atoms with van der Waals surface area (Å²) in [5.41, 5.74) is 2.40. The minimum atomic E-state index is -0.0232. The van der Waals surface area contributed by atoms with Crippen molar-refractivity contribution in [2.24, 2.45) is 23.7 Å². The number of nitrogens with one attached hydrogen (secondary N) is 1. The summed E-state index contributed by atoms with van der Waals surface area (Å²) in [6.07, 6.45) is 10.3. The van der Waals surface area contributed by atoms with E-state index in [2.05, 4.69) is 45.5 Å². The van der Waals surface area contributed by atoms with Gasteiger partial charge in [0.25, 0.3) is 0 Å². The topological polar surface area (TPSA) is 54.5 Å². The van der Waals surface area contributed by atoms with Gasteiger partial charge in [0, 0.05) is 57.4 Å². The van der Waals surface area contributed by atoms with Gasteiger partial charge in [0.1, 0.15) is 0 Å². The molecule has 1 amide bonds. The Labute approximate surface area is 190 Å². The summed E-state index contributed by atoms with van der Waals surface area (Å²) in [5.74, 6) is 3.02. The highest BCUT2D eigenvalue weighted by atomic mass is 16.5. The number of hydrogen-bond donors (Lipinski definition) is 1. The molecule has 1 saturated carbocycles. The number of carbonyl (C=O) groups excluding carboxylic acids is 1. The Morgan fingerprint density at radius 2 is 1.91 bits per heavy atom. The van der Waals surface area contributed by atoms with Crippen molar-refractivity contribution in [2.75, 3.05) is 32.8 Å². The van der Waals surface area contributed by atoms with E-state index >= 15 is 0 Å². The van der Waals surface area contributed by atoms with Gasteiger partial charge in [-0.25, -0.2) is 0 Å². The molecule has 3 fully saturated rings. The summed E-state index contributed by atoms with van der Waals surface area (Å²) in [6, 6.07) is 15.4. The Hall–Kier alpha value is -2.50. The van der Waals surface area contributed by atoms with Gasteiger partial charge in [0.15, 0.2) is 0 Å². The molecule has 5 heteroatoms. The fourth-order valence-corrected chi connectivity index (χ4v) is 5.87. The van der Waals surface area contributed by atoms with Crippen LogP contribution in [0.3, 0.4) is 0 Å². The Morgan fingerprint density at radius 3 is 2.62 bits per heavy atom. The molecule has 32 heavy (non-hydrogen) atoms. The van der Waals surface area contributed by atoms with E-state index in [4.69, 9.17) is 4.74 Å². The van der Waals surface area contributed by atoms with Crippen LogP contribution < -0.4 is 5.32 Å². The van der Waals surface area contributed by atoms with Gasteiger partial charge >= 0.3 is 0 Å². The molecule has 1 aromatic carbocycles. The molecule has 0 radical (unpaired) electrons. The van der Waals surface area contributed by atoms with Crippen molar-refractivity contribution < 1.29 is 9.53 Å². The molecule has 2 aromatic rings. The van der Waals surface area contributed by atoms with Crippen LogP contribution in [0.15, 0.2) is 60.9 Å². The molecular weight excluding hydrogens is 398 g/mol. The third kappa shape index (κ3) is 4.94. The monoisotopic (exact) mass is 431 g/mol. The zero-order valence-electron chi connectivity index (χ0n) is 18.6. The highest BCUT2D eigenvalue weighted by Gasteiger charge is 2.56. The molecule has 2 saturated heterocycles. The molecule has 168 valence electrons. The SMILES string of the molecule is O=C(/C=C/c1cccnc1)NCC[C@@H]1[C@H]2CN(C(c3ccccc3)C3CCOCC3)C[C@@H]12. The smallest absolute Gasteiger partial charge is 0.244 e. The summed E-state index contributed by atoms with van der Waals surface area (Å²) < 4.78 is 5.64. The molecule has 3 heterocycles. The molecule has 4 atom stereocenters. The second-order valence-electron chi connectivity index (χ2n) is 9.45. The number of fused-ring (bicyclic) bond motifs is 1. The van der Waals surface area contributed by atoms with Crippen LogP contribution >= 0.6 is 0 Å². The Bertz CT molecular complexity index is 899. The van der Waals surface area contributed by atoms with E-state index in [1.807, 2.05) is 18.2 Å². The predicted octanol–water partition coefficient (Wildman–Crippen LogP) is 3.95. The van der Waals surface area contributed by atoms with Gasteiger partial charge in [-0.2, -0.15) is 0 Å². The van der Waals surface area contributed by atoms with E-state index in [-0.39, 0.29) is 5.91 Å². The zero-order chi connectivity index (χ0) is 21.8. The van der Waals surface area contributed by atoms with Crippen molar-refractivity contribution in [3.8, 4) is 0 Å². The lowest BCUT2D eigenvalue weighted by Crippen LogP contribution is -2.37. The van der Waals surface area contributed by atoms with Crippen molar-refractivity contribution in [3.63, 3.8) is 0 Å². The van der Waals surface area contributed by atoms with Crippen molar-refractivity contribution in [1.29, 1.82) is 0 Å². The highest BCUT2D eigenvalue weighted by molar-refractivity contribution is 5.91. The lowest BCUT2D eigenvalue weighted by atomic mass is 9.86. The van der Waals surface area contributed by atoms with Crippen LogP contribution in [-0.4, -0.2) is 48.6 Å². The number of pyridine rings is 1. The van der Waals surface area contributed by atoms with E-state index in [1.165, 1.54) is 18.7 Å². The molecule has 5 rings (SSSR count). The van der Waals surface area contributed by atoms with Crippen molar-refractivity contribution in [1.82, 2.24) is 15.2 Å². The first-order valence-corrected chi connectivity index (χ1v) is 12.0. The van der Waals surface area contributed by atoms with Gasteiger partial charge in [0.05, 0.1) is 0 Å². The molecular formula is C27H33N3O2. The Kier molecular flexibility index (Phi) is 6.65. The van der Waals surface area contributed by atoms with Crippen LogP contribution in [0.25, 0.3) is 6.08 Å². The lowest BCUT2D eigenvalue weighted by Gasteiger charge is -2.38. The number of hydrogen-bond acceptors (Lipinski definition) is 4. The normalized spacial score (nSPS) is 26.7. The number of likely N-dealkylation sites (tertiary alicyclic amines) is 1. The predicted molar refractivity (Wildman–Crippen MR) is 126 cm³/mol. The van der Waals surface area contributed by atoms with Gasteiger partial charge in [-0.15, -0.1) is 0 Å². The first-order valence-electron chi connectivity index (χ1n) is 12.0. The molecule has 1 unspecified atom stereocenters. The quantitative estimate of drug-likeness (QED) is 0.643. The van der Waals surface area contributed by atoms with E-state index in [0.29, 0.717) is 12.0 Å². The van der Waals surface area contributed by atoms with Gasteiger partial charge in [-0.3, -0.25) is 14.7 Å². The third-order valence-electron chi connectivity index (χ3n) is 7.54. The minimum absolute atomic E-state index is 0.0232. The molecule has 2 aliphatic heterocycles. The summed E-state index contributed by atoms with van der Waals surface area (Å²) in [5, 5.41) is 3.05. The van der Waals surface area contributed by atoms with Gasteiger partial charge in [-0.1, -0.05) is 36.4 Å². The third-order valence-corrected chi connectivity index (χ3v) is 7.54. The number of amides is 1. The van der Waals surface area contributed by atoms with Gasteiger partial charge in [0.2, 0.25) is 5.91 Å². The van der Waals surface area contributed by atoms with E-state index in [0.717, 1.165) is 62.3 Å². The maximum absolute atomic E-state index is 12.1. The largest absolute Gasteiger partial charge is 0.381 e. The summed E-state index contributed by atoms with van der Waals surface area (Å²) in [6.45, 7) is 4.94. The van der Waals surface area contributed by atoms with Crippen molar-refractivity contribution in [3.05, 3.63) is 72.1 Å². The molecule has 0 bridgehead atoms. The average molecular weight is 432 g/mol. The summed E-state index contributed by atoms with van der Waals surface area (Å²) in [7, 11) is 0. The lowest BCUT2D eigenvalue weighted by molar-refractivity contribution is -0.116. The minimum Gasteiger partial charge on any atom is -0.381 e. The second kappa shape index (κ2) is 9.97.